The maximum Gasteiger partial charge on any atom is 0.252 e. The molecule has 2 aromatic rings. The molecular weight excluding hydrogens is 266 g/mol. The number of nitrogens with zero attached hydrogens (tertiary/aromatic N) is 2. The number of hydrogen-bond acceptors (Lipinski definition) is 3. The van der Waals surface area contributed by atoms with Gasteiger partial charge in [0.25, 0.3) is 5.91 Å². The molecule has 21 heavy (non-hydrogen) atoms. The topological polar surface area (TPSA) is 67.2 Å². The molecule has 0 fully saturated rings. The fraction of sp³-hybridized carbons (Fsp3) is 0.250. The van der Waals surface area contributed by atoms with Gasteiger partial charge in [0.2, 0.25) is 0 Å². The summed E-state index contributed by atoms with van der Waals surface area (Å²) < 4.78 is 1.69. The average molecular weight is 283 g/mol. The van der Waals surface area contributed by atoms with Gasteiger partial charge in [0.15, 0.2) is 0 Å². The van der Waals surface area contributed by atoms with E-state index in [1.807, 2.05) is 25.4 Å². The molecule has 0 bridgehead atoms. The van der Waals surface area contributed by atoms with Crippen molar-refractivity contribution in [1.29, 1.82) is 0 Å². The van der Waals surface area contributed by atoms with Crippen LogP contribution in [0.1, 0.15) is 28.0 Å². The van der Waals surface area contributed by atoms with Crippen molar-refractivity contribution in [3.05, 3.63) is 53.3 Å². The van der Waals surface area contributed by atoms with Gasteiger partial charge in [-0.2, -0.15) is 5.10 Å². The number of aromatic nitrogens is 2. The zero-order valence-corrected chi connectivity index (χ0v) is 11.8. The summed E-state index contributed by atoms with van der Waals surface area (Å²) >= 11 is 0. The summed E-state index contributed by atoms with van der Waals surface area (Å²) in [4.78, 5) is 12.2. The molecule has 108 valence electrons. The number of benzene rings is 1. The third-order valence-corrected chi connectivity index (χ3v) is 2.83. The van der Waals surface area contributed by atoms with Crippen LogP contribution in [0.4, 0.5) is 0 Å². The number of hydrogen-bond donors (Lipinski definition) is 2. The first-order valence-electron chi connectivity index (χ1n) is 6.66. The largest absolute Gasteiger partial charge is 0.395 e. The molecule has 5 nitrogen and oxygen atoms in total. The van der Waals surface area contributed by atoms with Crippen LogP contribution >= 0.6 is 0 Å². The van der Waals surface area contributed by atoms with E-state index in [9.17, 15) is 4.79 Å². The Morgan fingerprint density at radius 1 is 1.38 bits per heavy atom. The molecule has 0 saturated heterocycles. The highest BCUT2D eigenvalue weighted by Crippen LogP contribution is 2.07. The zero-order valence-electron chi connectivity index (χ0n) is 11.8. The quantitative estimate of drug-likeness (QED) is 0.825. The van der Waals surface area contributed by atoms with Crippen LogP contribution in [0.5, 0.6) is 0 Å². The highest BCUT2D eigenvalue weighted by atomic mass is 16.2. The van der Waals surface area contributed by atoms with Crippen LogP contribution < -0.4 is 5.32 Å². The first-order chi connectivity index (χ1) is 10.2. The summed E-state index contributed by atoms with van der Waals surface area (Å²) in [6, 6.07) is 9.01. The van der Waals surface area contributed by atoms with Gasteiger partial charge in [0, 0.05) is 25.2 Å². The highest BCUT2D eigenvalue weighted by molar-refractivity contribution is 5.96. The first-order valence-corrected chi connectivity index (χ1v) is 6.66. The number of nitrogens with one attached hydrogen (secondary N) is 1. The number of aryl methyl sites for hydroxylation is 1. The normalized spacial score (nSPS) is 9.81. The van der Waals surface area contributed by atoms with Crippen LogP contribution in [0.2, 0.25) is 0 Å². The molecule has 0 radical (unpaired) electrons. The second kappa shape index (κ2) is 7.27. The number of aliphatic hydroxyl groups excluding tert-OH is 1. The Labute approximate surface area is 123 Å². The van der Waals surface area contributed by atoms with Crippen LogP contribution in [0.25, 0.3) is 0 Å². The minimum Gasteiger partial charge on any atom is -0.395 e. The lowest BCUT2D eigenvalue weighted by Crippen LogP contribution is -2.24. The standard InChI is InChI=1S/C16H17N3O2/c1-19-10-9-14(18-19)12-17-16(21)15-8-3-2-6-13(15)7-4-5-11-20/h2-3,6,8-10,20H,5,11-12H2,1H3,(H,17,21). The molecule has 2 N–H and O–H groups in total. The van der Waals surface area contributed by atoms with E-state index < -0.39 is 0 Å². The Bertz CT molecular complexity index is 680. The third kappa shape index (κ3) is 4.20. The van der Waals surface area contributed by atoms with Crippen LogP contribution in [0.3, 0.4) is 0 Å². The molecule has 0 saturated carbocycles. The van der Waals surface area contributed by atoms with Crippen molar-refractivity contribution in [3.63, 3.8) is 0 Å². The Kier molecular flexibility index (Phi) is 5.13. The van der Waals surface area contributed by atoms with Gasteiger partial charge < -0.3 is 10.4 Å². The number of aliphatic hydroxyl groups is 1. The molecule has 0 aliphatic carbocycles. The summed E-state index contributed by atoms with van der Waals surface area (Å²) in [7, 11) is 1.83. The predicted molar refractivity (Wildman–Crippen MR) is 79.4 cm³/mol. The molecule has 0 spiro atoms. The molecule has 0 aliphatic rings. The van der Waals surface area contributed by atoms with Crippen molar-refractivity contribution >= 4 is 5.91 Å². The Hall–Kier alpha value is -2.58. The second-order valence-corrected chi connectivity index (χ2v) is 4.48. The van der Waals surface area contributed by atoms with Gasteiger partial charge in [-0.05, 0) is 18.2 Å². The van der Waals surface area contributed by atoms with Crippen molar-refractivity contribution in [3.8, 4) is 11.8 Å². The molecule has 1 amide bonds. The van der Waals surface area contributed by atoms with Crippen molar-refractivity contribution in [1.82, 2.24) is 15.1 Å². The lowest BCUT2D eigenvalue weighted by atomic mass is 10.1. The molecular formula is C16H17N3O2. The van der Waals surface area contributed by atoms with Crippen LogP contribution in [-0.2, 0) is 13.6 Å². The minimum absolute atomic E-state index is 0.0149. The van der Waals surface area contributed by atoms with Crippen molar-refractivity contribution in [2.24, 2.45) is 7.05 Å². The van der Waals surface area contributed by atoms with E-state index in [0.717, 1.165) is 5.69 Å². The van der Waals surface area contributed by atoms with E-state index in [0.29, 0.717) is 24.1 Å². The smallest absolute Gasteiger partial charge is 0.252 e. The summed E-state index contributed by atoms with van der Waals surface area (Å²) in [6.45, 7) is 0.388. The fourth-order valence-corrected chi connectivity index (χ4v) is 1.83. The monoisotopic (exact) mass is 283 g/mol. The summed E-state index contributed by atoms with van der Waals surface area (Å²) in [5, 5.41) is 15.8. The summed E-state index contributed by atoms with van der Waals surface area (Å²) in [5.74, 6) is 5.55. The van der Waals surface area contributed by atoms with Gasteiger partial charge in [0.05, 0.1) is 24.4 Å². The predicted octanol–water partition coefficient (Wildman–Crippen LogP) is 1.08. The first kappa shape index (κ1) is 14.8. The average Bonchev–Trinajstić information content (AvgIpc) is 2.91. The molecule has 1 aromatic heterocycles. The maximum atomic E-state index is 12.2. The van der Waals surface area contributed by atoms with Gasteiger partial charge >= 0.3 is 0 Å². The number of carbonyl (C=O) groups is 1. The van der Waals surface area contributed by atoms with E-state index in [-0.39, 0.29) is 12.5 Å². The Balaban J connectivity index is 2.07. The van der Waals surface area contributed by atoms with Gasteiger partial charge in [0.1, 0.15) is 0 Å². The number of amides is 1. The number of rotatable bonds is 4. The van der Waals surface area contributed by atoms with Crippen LogP contribution in [-0.4, -0.2) is 27.4 Å². The molecule has 5 heteroatoms. The zero-order chi connectivity index (χ0) is 15.1. The van der Waals surface area contributed by atoms with Gasteiger partial charge in [-0.1, -0.05) is 24.0 Å². The molecule has 0 atom stereocenters. The SMILES string of the molecule is Cn1ccc(CNC(=O)c2ccccc2C#CCCO)n1. The van der Waals surface area contributed by atoms with E-state index in [1.165, 1.54) is 0 Å². The maximum absolute atomic E-state index is 12.2. The molecule has 1 heterocycles. The second-order valence-electron chi connectivity index (χ2n) is 4.48. The molecule has 1 aromatic carbocycles. The highest BCUT2D eigenvalue weighted by Gasteiger charge is 2.09. The van der Waals surface area contributed by atoms with Crippen LogP contribution in [0.15, 0.2) is 36.5 Å². The van der Waals surface area contributed by atoms with Gasteiger partial charge in [-0.15, -0.1) is 0 Å². The van der Waals surface area contributed by atoms with E-state index in [2.05, 4.69) is 22.3 Å². The third-order valence-electron chi connectivity index (χ3n) is 2.83. The Morgan fingerprint density at radius 2 is 2.19 bits per heavy atom. The van der Waals surface area contributed by atoms with E-state index in [1.54, 1.807) is 22.9 Å². The molecule has 0 aliphatic heterocycles. The summed E-state index contributed by atoms with van der Waals surface area (Å²) in [5.41, 5.74) is 1.98. The lowest BCUT2D eigenvalue weighted by Gasteiger charge is -2.05. The van der Waals surface area contributed by atoms with E-state index in [4.69, 9.17) is 5.11 Å². The van der Waals surface area contributed by atoms with Crippen LogP contribution in [0, 0.1) is 11.8 Å². The lowest BCUT2D eigenvalue weighted by molar-refractivity contribution is 0.0950. The van der Waals surface area contributed by atoms with E-state index >= 15 is 0 Å². The summed E-state index contributed by atoms with van der Waals surface area (Å²) in [6.07, 6.45) is 2.22. The fourth-order valence-electron chi connectivity index (χ4n) is 1.83. The molecule has 0 unspecified atom stereocenters. The number of carbonyl (C=O) groups excluding carboxylic acids is 1. The Morgan fingerprint density at radius 3 is 2.90 bits per heavy atom. The van der Waals surface area contributed by atoms with Crippen molar-refractivity contribution in [2.75, 3.05) is 6.61 Å². The van der Waals surface area contributed by atoms with Gasteiger partial charge in [-0.3, -0.25) is 9.48 Å². The molecule has 2 rings (SSSR count). The minimum atomic E-state index is -0.186. The van der Waals surface area contributed by atoms with Gasteiger partial charge in [-0.25, -0.2) is 0 Å². The van der Waals surface area contributed by atoms with Crippen molar-refractivity contribution in [2.45, 2.75) is 13.0 Å². The van der Waals surface area contributed by atoms with Crippen molar-refractivity contribution < 1.29 is 9.90 Å².